The van der Waals surface area contributed by atoms with Crippen molar-refractivity contribution in [2.24, 2.45) is 11.8 Å². The van der Waals surface area contributed by atoms with Crippen LogP contribution >= 0.6 is 0 Å². The molecule has 1 aliphatic carbocycles. The molecule has 2 unspecified atom stereocenters. The van der Waals surface area contributed by atoms with Crippen LogP contribution in [0.1, 0.15) is 64.7 Å². The number of rotatable bonds is 8. The number of carbonyl (C=O) groups is 3. The van der Waals surface area contributed by atoms with Crippen LogP contribution in [0, 0.1) is 11.8 Å². The molecule has 4 aliphatic rings. The molecular weight excluding hydrogens is 446 g/mol. The summed E-state index contributed by atoms with van der Waals surface area (Å²) in [6.07, 6.45) is 7.63. The predicted molar refractivity (Wildman–Crippen MR) is 130 cm³/mol. The Balaban J connectivity index is 1.45. The first kappa shape index (κ1) is 24.3. The number of aliphatic hydroxyl groups excluding tert-OH is 1. The van der Waals surface area contributed by atoms with Gasteiger partial charge in [-0.25, -0.2) is 0 Å². The third kappa shape index (κ3) is 4.14. The highest BCUT2D eigenvalue weighted by molar-refractivity contribution is 6.02. The van der Waals surface area contributed by atoms with Crippen LogP contribution in [0.4, 0.5) is 5.69 Å². The molecule has 0 aromatic heterocycles. The maximum absolute atomic E-state index is 13.9. The van der Waals surface area contributed by atoms with E-state index in [-0.39, 0.29) is 30.4 Å². The molecule has 5 atom stereocenters. The van der Waals surface area contributed by atoms with Crippen LogP contribution in [-0.2, 0) is 19.1 Å². The number of ether oxygens (including phenoxy) is 1. The molecule has 1 saturated carbocycles. The molecule has 3 heterocycles. The van der Waals surface area contributed by atoms with E-state index in [1.54, 1.807) is 4.90 Å². The number of anilines is 1. The first-order valence-electron chi connectivity index (χ1n) is 13.2. The molecule has 35 heavy (non-hydrogen) atoms. The molecule has 2 bridgehead atoms. The molecule has 1 aromatic carbocycles. The van der Waals surface area contributed by atoms with Crippen LogP contribution in [0.2, 0.25) is 0 Å². The highest BCUT2D eigenvalue weighted by atomic mass is 16.5. The van der Waals surface area contributed by atoms with E-state index >= 15 is 0 Å². The van der Waals surface area contributed by atoms with Crippen molar-refractivity contribution in [1.82, 2.24) is 10.2 Å². The number of carbonyl (C=O) groups excluding carboxylic acids is 3. The Morgan fingerprint density at radius 2 is 1.83 bits per heavy atom. The molecule has 3 amide bonds. The van der Waals surface area contributed by atoms with Crippen molar-refractivity contribution in [3.05, 3.63) is 30.3 Å². The fraction of sp³-hybridized carbons (Fsp3) is 0.667. The summed E-state index contributed by atoms with van der Waals surface area (Å²) in [5.74, 6) is -1.94. The Hall–Kier alpha value is -2.45. The van der Waals surface area contributed by atoms with Crippen LogP contribution in [-0.4, -0.2) is 64.2 Å². The summed E-state index contributed by atoms with van der Waals surface area (Å²) >= 11 is 0. The Labute approximate surface area is 206 Å². The summed E-state index contributed by atoms with van der Waals surface area (Å²) in [7, 11) is 0. The minimum absolute atomic E-state index is 0.0339. The smallest absolute Gasteiger partial charge is 0.246 e. The van der Waals surface area contributed by atoms with Crippen molar-refractivity contribution >= 4 is 23.4 Å². The van der Waals surface area contributed by atoms with E-state index in [0.717, 1.165) is 25.7 Å². The quantitative estimate of drug-likeness (QED) is 0.493. The minimum Gasteiger partial charge on any atom is -0.396 e. The average molecular weight is 484 g/mol. The summed E-state index contributed by atoms with van der Waals surface area (Å²) < 4.78 is 6.64. The summed E-state index contributed by atoms with van der Waals surface area (Å²) in [5, 5.41) is 15.5. The van der Waals surface area contributed by atoms with Crippen molar-refractivity contribution in [2.75, 3.05) is 18.5 Å². The highest BCUT2D eigenvalue weighted by Crippen LogP contribution is 2.63. The van der Waals surface area contributed by atoms with Gasteiger partial charge in [0, 0.05) is 24.9 Å². The third-order valence-corrected chi connectivity index (χ3v) is 8.61. The van der Waals surface area contributed by atoms with E-state index in [2.05, 4.69) is 10.6 Å². The first-order chi connectivity index (χ1) is 16.9. The van der Waals surface area contributed by atoms with E-state index in [1.165, 1.54) is 6.42 Å². The van der Waals surface area contributed by atoms with E-state index < -0.39 is 29.1 Å². The zero-order valence-corrected chi connectivity index (χ0v) is 20.5. The Kier molecular flexibility index (Phi) is 6.61. The molecule has 190 valence electrons. The van der Waals surface area contributed by atoms with Gasteiger partial charge in [0.2, 0.25) is 17.7 Å². The minimum atomic E-state index is -0.998. The van der Waals surface area contributed by atoms with Gasteiger partial charge in [-0.2, -0.15) is 0 Å². The maximum Gasteiger partial charge on any atom is 0.246 e. The largest absolute Gasteiger partial charge is 0.396 e. The number of fused-ring (bicyclic) bond motifs is 1. The van der Waals surface area contributed by atoms with Gasteiger partial charge >= 0.3 is 0 Å². The van der Waals surface area contributed by atoms with Gasteiger partial charge in [-0.1, -0.05) is 37.5 Å². The number of aliphatic hydroxyl groups is 1. The van der Waals surface area contributed by atoms with Crippen LogP contribution in [0.25, 0.3) is 0 Å². The zero-order chi connectivity index (χ0) is 24.6. The van der Waals surface area contributed by atoms with Crippen molar-refractivity contribution in [3.8, 4) is 0 Å². The molecule has 8 heteroatoms. The van der Waals surface area contributed by atoms with Crippen LogP contribution in [0.3, 0.4) is 0 Å². The Bertz CT molecular complexity index is 965. The lowest BCUT2D eigenvalue weighted by atomic mass is 9.66. The number of unbranched alkanes of at least 4 members (excludes halogenated alkanes) is 1. The Morgan fingerprint density at radius 3 is 2.54 bits per heavy atom. The van der Waals surface area contributed by atoms with Gasteiger partial charge in [-0.3, -0.25) is 14.4 Å². The second-order valence-electron chi connectivity index (χ2n) is 10.9. The molecule has 4 fully saturated rings. The molecular formula is C27H37N3O5. The molecule has 3 N–H and O–H groups in total. The predicted octanol–water partition coefficient (Wildman–Crippen LogP) is 2.61. The van der Waals surface area contributed by atoms with Crippen LogP contribution in [0.15, 0.2) is 30.3 Å². The third-order valence-electron chi connectivity index (χ3n) is 8.61. The van der Waals surface area contributed by atoms with Gasteiger partial charge in [0.1, 0.15) is 11.6 Å². The lowest BCUT2D eigenvalue weighted by Gasteiger charge is -2.35. The van der Waals surface area contributed by atoms with Gasteiger partial charge in [0.05, 0.1) is 17.4 Å². The zero-order valence-electron chi connectivity index (χ0n) is 20.5. The van der Waals surface area contributed by atoms with Crippen molar-refractivity contribution in [1.29, 1.82) is 0 Å². The van der Waals surface area contributed by atoms with Crippen LogP contribution in [0.5, 0.6) is 0 Å². The Morgan fingerprint density at radius 1 is 1.09 bits per heavy atom. The lowest BCUT2D eigenvalue weighted by Crippen LogP contribution is -2.57. The van der Waals surface area contributed by atoms with E-state index in [0.29, 0.717) is 37.9 Å². The number of nitrogens with zero attached hydrogens (tertiary/aromatic N) is 1. The summed E-state index contributed by atoms with van der Waals surface area (Å²) in [4.78, 5) is 42.9. The van der Waals surface area contributed by atoms with E-state index in [9.17, 15) is 19.5 Å². The van der Waals surface area contributed by atoms with Gasteiger partial charge in [-0.05, 0) is 57.6 Å². The molecule has 3 saturated heterocycles. The van der Waals surface area contributed by atoms with Gasteiger partial charge in [0.15, 0.2) is 0 Å². The average Bonchev–Trinajstić information content (AvgIpc) is 3.41. The van der Waals surface area contributed by atoms with Gasteiger partial charge < -0.3 is 25.4 Å². The van der Waals surface area contributed by atoms with Crippen molar-refractivity contribution in [2.45, 2.75) is 88.0 Å². The van der Waals surface area contributed by atoms with E-state index in [1.807, 2.05) is 37.3 Å². The number of hydrogen-bond donors (Lipinski definition) is 3. The number of para-hydroxylation sites is 1. The number of likely N-dealkylation sites (tertiary alicyclic amines) is 1. The van der Waals surface area contributed by atoms with E-state index in [4.69, 9.17) is 4.74 Å². The van der Waals surface area contributed by atoms with Crippen molar-refractivity contribution in [3.63, 3.8) is 0 Å². The second-order valence-corrected chi connectivity index (χ2v) is 10.9. The number of nitrogens with one attached hydrogen (secondary N) is 2. The topological polar surface area (TPSA) is 108 Å². The summed E-state index contributed by atoms with van der Waals surface area (Å²) in [6, 6.07) is 8.60. The lowest BCUT2D eigenvalue weighted by molar-refractivity contribution is -0.145. The maximum atomic E-state index is 13.9. The van der Waals surface area contributed by atoms with Gasteiger partial charge in [-0.15, -0.1) is 0 Å². The summed E-state index contributed by atoms with van der Waals surface area (Å²) in [5.41, 5.74) is -1.11. The summed E-state index contributed by atoms with van der Waals surface area (Å²) in [6.45, 7) is 2.31. The fourth-order valence-electron chi connectivity index (χ4n) is 7.03. The molecule has 5 rings (SSSR count). The second kappa shape index (κ2) is 9.54. The molecule has 3 aliphatic heterocycles. The number of hydrogen-bond acceptors (Lipinski definition) is 5. The van der Waals surface area contributed by atoms with Gasteiger partial charge in [0.25, 0.3) is 0 Å². The molecule has 8 nitrogen and oxygen atoms in total. The fourth-order valence-corrected chi connectivity index (χ4v) is 7.03. The SMILES string of the molecule is C[C@@]12CCC3(O1)C(C(=O)NC1CCCCC1)N(CCCCO)C(=O)[C@@H]3[C@@H]2C(=O)Nc1ccccc1. The number of benzene rings is 1. The first-order valence-corrected chi connectivity index (χ1v) is 13.2. The standard InChI is InChI=1S/C27H37N3O5/c1-26-14-15-27(35-26)21(20(26)23(32)28-18-10-4-2-5-11-18)25(34)30(16-8-9-17-31)22(27)24(33)29-19-12-6-3-7-13-19/h2,4-5,10-11,19-22,31H,3,6-9,12-17H2,1H3,(H,28,32)(H,29,33)/t20-,21+,22?,26+,27?/m1/s1. The van der Waals surface area contributed by atoms with Crippen LogP contribution < -0.4 is 10.6 Å². The normalized spacial score (nSPS) is 34.2. The monoisotopic (exact) mass is 483 g/mol. The molecule has 1 aromatic rings. The highest BCUT2D eigenvalue weighted by Gasteiger charge is 2.77. The van der Waals surface area contributed by atoms with Crippen molar-refractivity contribution < 1.29 is 24.2 Å². The number of amides is 3. The molecule has 1 spiro atoms. The molecule has 0 radical (unpaired) electrons.